The number of nitrogens with two attached hydrogens (primary N) is 1. The highest BCUT2D eigenvalue weighted by molar-refractivity contribution is 5.35. The van der Waals surface area contributed by atoms with E-state index in [1.807, 2.05) is 6.07 Å². The van der Waals surface area contributed by atoms with Crippen LogP contribution in [0.5, 0.6) is 0 Å². The lowest BCUT2D eigenvalue weighted by atomic mass is 10.1. The molecule has 1 unspecified atom stereocenters. The van der Waals surface area contributed by atoms with Crippen molar-refractivity contribution in [1.29, 1.82) is 5.26 Å². The molecule has 1 aromatic rings. The summed E-state index contributed by atoms with van der Waals surface area (Å²) < 4.78 is 0. The van der Waals surface area contributed by atoms with Crippen molar-refractivity contribution in [3.05, 3.63) is 39.9 Å². The number of hydrogen-bond donors (Lipinski definition) is 1. The molecule has 0 bridgehead atoms. The Labute approximate surface area is 74.5 Å². The lowest BCUT2D eigenvalue weighted by Crippen LogP contribution is -2.06. The quantitative estimate of drug-likeness (QED) is 0.541. The van der Waals surface area contributed by atoms with Gasteiger partial charge in [-0.3, -0.25) is 10.1 Å². The van der Waals surface area contributed by atoms with Gasteiger partial charge in [0.15, 0.2) is 0 Å². The minimum absolute atomic E-state index is 0.00566. The Morgan fingerprint density at radius 2 is 2.00 bits per heavy atom. The molecule has 0 spiro atoms. The van der Waals surface area contributed by atoms with E-state index in [1.54, 1.807) is 0 Å². The number of hydrogen-bond acceptors (Lipinski definition) is 4. The van der Waals surface area contributed by atoms with Gasteiger partial charge in [0.05, 0.1) is 11.0 Å². The normalized spacial score (nSPS) is 11.7. The summed E-state index contributed by atoms with van der Waals surface area (Å²) in [6.45, 7) is 0. The molecule has 0 radical (unpaired) electrons. The second-order valence-electron chi connectivity index (χ2n) is 2.46. The number of non-ortho nitro benzene ring substituents is 1. The smallest absolute Gasteiger partial charge is 0.269 e. The van der Waals surface area contributed by atoms with E-state index in [0.29, 0.717) is 5.56 Å². The third-order valence-corrected chi connectivity index (χ3v) is 1.60. The van der Waals surface area contributed by atoms with E-state index in [1.165, 1.54) is 24.3 Å². The summed E-state index contributed by atoms with van der Waals surface area (Å²) in [5, 5.41) is 18.7. The van der Waals surface area contributed by atoms with Crippen molar-refractivity contribution < 1.29 is 4.92 Å². The first-order chi connectivity index (χ1) is 6.15. The largest absolute Gasteiger partial charge is 0.312 e. The van der Waals surface area contributed by atoms with Crippen LogP contribution < -0.4 is 5.73 Å². The van der Waals surface area contributed by atoms with Crippen LogP contribution in [0.4, 0.5) is 5.69 Å². The molecule has 66 valence electrons. The topological polar surface area (TPSA) is 93.0 Å². The Hall–Kier alpha value is -1.93. The average Bonchev–Trinajstić information content (AvgIpc) is 2.17. The first-order valence-corrected chi connectivity index (χ1v) is 3.54. The van der Waals surface area contributed by atoms with E-state index in [0.717, 1.165) is 0 Å². The van der Waals surface area contributed by atoms with Crippen molar-refractivity contribution >= 4 is 5.69 Å². The number of rotatable bonds is 2. The molecule has 13 heavy (non-hydrogen) atoms. The van der Waals surface area contributed by atoms with Crippen LogP contribution >= 0.6 is 0 Å². The lowest BCUT2D eigenvalue weighted by molar-refractivity contribution is -0.384. The summed E-state index contributed by atoms with van der Waals surface area (Å²) in [7, 11) is 0. The zero-order chi connectivity index (χ0) is 9.84. The molecule has 1 atom stereocenters. The van der Waals surface area contributed by atoms with Gasteiger partial charge in [-0.15, -0.1) is 0 Å². The zero-order valence-electron chi connectivity index (χ0n) is 6.68. The Morgan fingerprint density at radius 1 is 1.46 bits per heavy atom. The van der Waals surface area contributed by atoms with Crippen LogP contribution in [-0.4, -0.2) is 4.92 Å². The predicted octanol–water partition coefficient (Wildman–Crippen LogP) is 1.12. The van der Waals surface area contributed by atoms with Crippen molar-refractivity contribution in [3.8, 4) is 6.07 Å². The number of nitro benzene ring substituents is 1. The van der Waals surface area contributed by atoms with Crippen molar-refractivity contribution in [2.75, 3.05) is 0 Å². The molecule has 0 aliphatic rings. The molecule has 0 saturated carbocycles. The zero-order valence-corrected chi connectivity index (χ0v) is 6.68. The maximum atomic E-state index is 10.3. The van der Waals surface area contributed by atoms with E-state index in [4.69, 9.17) is 11.0 Å². The van der Waals surface area contributed by atoms with Crippen LogP contribution in [0.15, 0.2) is 24.3 Å². The van der Waals surface area contributed by atoms with E-state index in [9.17, 15) is 10.1 Å². The van der Waals surface area contributed by atoms with Crippen LogP contribution in [0.2, 0.25) is 0 Å². The molecule has 1 aromatic carbocycles. The van der Waals surface area contributed by atoms with Gasteiger partial charge < -0.3 is 5.73 Å². The minimum atomic E-state index is -0.721. The van der Waals surface area contributed by atoms with Crippen LogP contribution in [0, 0.1) is 21.4 Å². The van der Waals surface area contributed by atoms with Gasteiger partial charge in [-0.25, -0.2) is 0 Å². The fourth-order valence-corrected chi connectivity index (χ4v) is 0.878. The molecule has 1 rings (SSSR count). The Kier molecular flexibility index (Phi) is 2.57. The number of benzene rings is 1. The second-order valence-corrected chi connectivity index (χ2v) is 2.46. The highest BCUT2D eigenvalue weighted by Gasteiger charge is 2.07. The third-order valence-electron chi connectivity index (χ3n) is 1.60. The molecule has 0 fully saturated rings. The van der Waals surface area contributed by atoms with Gasteiger partial charge in [0.1, 0.15) is 6.04 Å². The molecule has 0 saturated heterocycles. The fraction of sp³-hybridized carbons (Fsp3) is 0.125. The number of nitrogens with zero attached hydrogens (tertiary/aromatic N) is 2. The van der Waals surface area contributed by atoms with Crippen molar-refractivity contribution in [1.82, 2.24) is 0 Å². The Bertz CT molecular complexity index is 353. The summed E-state index contributed by atoms with van der Waals surface area (Å²) >= 11 is 0. The number of nitriles is 1. The van der Waals surface area contributed by atoms with Gasteiger partial charge in [-0.2, -0.15) is 5.26 Å². The van der Waals surface area contributed by atoms with E-state index in [-0.39, 0.29) is 5.69 Å². The van der Waals surface area contributed by atoms with Gasteiger partial charge in [0.2, 0.25) is 0 Å². The first-order valence-electron chi connectivity index (χ1n) is 3.54. The molecule has 0 amide bonds. The maximum absolute atomic E-state index is 10.3. The van der Waals surface area contributed by atoms with Crippen molar-refractivity contribution in [2.24, 2.45) is 5.73 Å². The highest BCUT2D eigenvalue weighted by Crippen LogP contribution is 2.15. The summed E-state index contributed by atoms with van der Waals surface area (Å²) in [5.41, 5.74) is 5.96. The van der Waals surface area contributed by atoms with Gasteiger partial charge >= 0.3 is 0 Å². The van der Waals surface area contributed by atoms with Gasteiger partial charge in [0, 0.05) is 12.1 Å². The molecule has 5 heteroatoms. The molecular formula is C8H7N3O2. The highest BCUT2D eigenvalue weighted by atomic mass is 16.6. The van der Waals surface area contributed by atoms with Gasteiger partial charge in [-0.1, -0.05) is 0 Å². The summed E-state index contributed by atoms with van der Waals surface area (Å²) in [5.74, 6) is 0. The summed E-state index contributed by atoms with van der Waals surface area (Å²) in [6.07, 6.45) is 0. The average molecular weight is 177 g/mol. The third kappa shape index (κ3) is 2.01. The number of nitro groups is 1. The maximum Gasteiger partial charge on any atom is 0.269 e. The standard InChI is InChI=1S/C8H7N3O2/c9-5-8(10)6-1-3-7(4-2-6)11(12)13/h1-4,8H,10H2. The van der Waals surface area contributed by atoms with Gasteiger partial charge in [0.25, 0.3) is 5.69 Å². The lowest BCUT2D eigenvalue weighted by Gasteiger charge is -2.00. The molecular weight excluding hydrogens is 170 g/mol. The molecule has 2 N–H and O–H groups in total. The first kappa shape index (κ1) is 9.16. The van der Waals surface area contributed by atoms with Gasteiger partial charge in [-0.05, 0) is 17.7 Å². The Morgan fingerprint density at radius 3 is 2.38 bits per heavy atom. The summed E-state index contributed by atoms with van der Waals surface area (Å²) in [6, 6.07) is 6.72. The predicted molar refractivity (Wildman–Crippen MR) is 45.6 cm³/mol. The summed E-state index contributed by atoms with van der Waals surface area (Å²) in [4.78, 5) is 9.76. The Balaban J connectivity index is 2.95. The molecule has 0 aliphatic carbocycles. The van der Waals surface area contributed by atoms with Crippen LogP contribution in [0.25, 0.3) is 0 Å². The molecule has 0 aliphatic heterocycles. The second kappa shape index (κ2) is 3.65. The monoisotopic (exact) mass is 177 g/mol. The molecule has 5 nitrogen and oxygen atoms in total. The fourth-order valence-electron chi connectivity index (χ4n) is 0.878. The molecule has 0 aromatic heterocycles. The molecule has 0 heterocycles. The SMILES string of the molecule is N#CC(N)c1ccc([N+](=O)[O-])cc1. The van der Waals surface area contributed by atoms with Crippen molar-refractivity contribution in [3.63, 3.8) is 0 Å². The van der Waals surface area contributed by atoms with Crippen molar-refractivity contribution in [2.45, 2.75) is 6.04 Å². The van der Waals surface area contributed by atoms with E-state index >= 15 is 0 Å². The van der Waals surface area contributed by atoms with Crippen LogP contribution in [0.3, 0.4) is 0 Å². The van der Waals surface area contributed by atoms with E-state index < -0.39 is 11.0 Å². The van der Waals surface area contributed by atoms with Crippen LogP contribution in [0.1, 0.15) is 11.6 Å². The van der Waals surface area contributed by atoms with Crippen LogP contribution in [-0.2, 0) is 0 Å². The minimum Gasteiger partial charge on any atom is -0.312 e. The van der Waals surface area contributed by atoms with E-state index in [2.05, 4.69) is 0 Å².